The maximum Gasteiger partial charge on any atom is 0.248 e. The molecule has 0 radical (unpaired) electrons. The van der Waals surface area contributed by atoms with E-state index in [0.29, 0.717) is 24.2 Å². The second-order valence-corrected chi connectivity index (χ2v) is 5.77. The van der Waals surface area contributed by atoms with E-state index in [1.165, 1.54) is 12.1 Å². The Hall–Kier alpha value is -2.06. The molecule has 0 saturated carbocycles. The summed E-state index contributed by atoms with van der Waals surface area (Å²) >= 11 is 5.22. The van der Waals surface area contributed by atoms with Gasteiger partial charge in [0.2, 0.25) is 5.95 Å². The van der Waals surface area contributed by atoms with Gasteiger partial charge < -0.3 is 10.1 Å². The van der Waals surface area contributed by atoms with Crippen molar-refractivity contribution in [2.75, 3.05) is 18.5 Å². The van der Waals surface area contributed by atoms with Crippen LogP contribution in [0.3, 0.4) is 0 Å². The summed E-state index contributed by atoms with van der Waals surface area (Å²) in [4.78, 5) is 4.16. The molecule has 1 aromatic heterocycles. The predicted octanol–water partition coefficient (Wildman–Crippen LogP) is 1.93. The number of anilines is 1. The van der Waals surface area contributed by atoms with Crippen molar-refractivity contribution in [3.8, 4) is 0 Å². The number of aromatic nitrogens is 3. The zero-order chi connectivity index (χ0) is 16.1. The van der Waals surface area contributed by atoms with E-state index in [1.54, 1.807) is 23.1 Å². The molecule has 0 spiro atoms. The van der Waals surface area contributed by atoms with Gasteiger partial charge >= 0.3 is 0 Å². The van der Waals surface area contributed by atoms with E-state index >= 15 is 0 Å². The topological polar surface area (TPSA) is 64.0 Å². The van der Waals surface area contributed by atoms with Crippen LogP contribution in [0.15, 0.2) is 30.6 Å². The SMILES string of the molecule is Fc1ccc(Cn2cnc(NC(=S)NCC3CCCO3)n2)cc1. The van der Waals surface area contributed by atoms with Crippen LogP contribution >= 0.6 is 12.2 Å². The first-order chi connectivity index (χ1) is 11.2. The van der Waals surface area contributed by atoms with Gasteiger partial charge in [-0.15, -0.1) is 5.10 Å². The molecule has 122 valence electrons. The number of thiocarbonyl (C=S) groups is 1. The lowest BCUT2D eigenvalue weighted by molar-refractivity contribution is 0.114. The highest BCUT2D eigenvalue weighted by Gasteiger charge is 2.15. The van der Waals surface area contributed by atoms with Gasteiger partial charge in [-0.3, -0.25) is 5.32 Å². The van der Waals surface area contributed by atoms with Crippen LogP contribution in [0, 0.1) is 5.82 Å². The van der Waals surface area contributed by atoms with Gasteiger partial charge in [0.25, 0.3) is 0 Å². The van der Waals surface area contributed by atoms with E-state index in [4.69, 9.17) is 17.0 Å². The first-order valence-corrected chi connectivity index (χ1v) is 7.90. The molecule has 1 saturated heterocycles. The minimum absolute atomic E-state index is 0.221. The first kappa shape index (κ1) is 15.8. The average molecular weight is 335 g/mol. The van der Waals surface area contributed by atoms with Crippen molar-refractivity contribution in [3.05, 3.63) is 42.0 Å². The molecule has 6 nitrogen and oxygen atoms in total. The van der Waals surface area contributed by atoms with Crippen molar-refractivity contribution in [1.82, 2.24) is 20.1 Å². The number of hydrogen-bond acceptors (Lipinski definition) is 4. The Kier molecular flexibility index (Phi) is 5.14. The van der Waals surface area contributed by atoms with Crippen molar-refractivity contribution in [1.29, 1.82) is 0 Å². The summed E-state index contributed by atoms with van der Waals surface area (Å²) in [5, 5.41) is 10.8. The standard InChI is InChI=1S/C15H18FN5OS/c16-12-5-3-11(4-6-12)9-21-10-18-14(20-21)19-15(23)17-8-13-2-1-7-22-13/h3-6,10,13H,1-2,7-9H2,(H2,17,19,20,23). The third kappa shape index (κ3) is 4.70. The minimum Gasteiger partial charge on any atom is -0.376 e. The summed E-state index contributed by atoms with van der Waals surface area (Å²) in [6, 6.07) is 6.29. The van der Waals surface area contributed by atoms with E-state index < -0.39 is 0 Å². The molecule has 1 aromatic carbocycles. The molecule has 0 bridgehead atoms. The van der Waals surface area contributed by atoms with Crippen molar-refractivity contribution >= 4 is 23.3 Å². The maximum absolute atomic E-state index is 12.9. The maximum atomic E-state index is 12.9. The van der Waals surface area contributed by atoms with Crippen molar-refractivity contribution < 1.29 is 9.13 Å². The highest BCUT2D eigenvalue weighted by atomic mass is 32.1. The number of hydrogen-bond donors (Lipinski definition) is 2. The third-order valence-corrected chi connectivity index (χ3v) is 3.78. The van der Waals surface area contributed by atoms with Gasteiger partial charge in [-0.1, -0.05) is 12.1 Å². The lowest BCUT2D eigenvalue weighted by Gasteiger charge is -2.12. The Balaban J connectivity index is 1.48. The molecule has 3 rings (SSSR count). The van der Waals surface area contributed by atoms with Crippen LogP contribution in [0.5, 0.6) is 0 Å². The third-order valence-electron chi connectivity index (χ3n) is 3.53. The lowest BCUT2D eigenvalue weighted by atomic mass is 10.2. The highest BCUT2D eigenvalue weighted by Crippen LogP contribution is 2.10. The molecule has 1 aliphatic rings. The summed E-state index contributed by atoms with van der Waals surface area (Å²) in [5.74, 6) is 0.175. The van der Waals surface area contributed by atoms with E-state index in [0.717, 1.165) is 25.0 Å². The van der Waals surface area contributed by atoms with Crippen LogP contribution in [-0.4, -0.2) is 39.1 Å². The fourth-order valence-electron chi connectivity index (χ4n) is 2.36. The van der Waals surface area contributed by atoms with Crippen LogP contribution in [0.4, 0.5) is 10.3 Å². The van der Waals surface area contributed by atoms with Crippen LogP contribution in [-0.2, 0) is 11.3 Å². The predicted molar refractivity (Wildman–Crippen MR) is 88.7 cm³/mol. The smallest absolute Gasteiger partial charge is 0.248 e. The molecule has 8 heteroatoms. The summed E-state index contributed by atoms with van der Waals surface area (Å²) in [7, 11) is 0. The zero-order valence-electron chi connectivity index (χ0n) is 12.5. The van der Waals surface area contributed by atoms with Crippen LogP contribution in [0.25, 0.3) is 0 Å². The summed E-state index contributed by atoms with van der Waals surface area (Å²) in [6.45, 7) is 2.02. The Morgan fingerprint density at radius 1 is 1.39 bits per heavy atom. The van der Waals surface area contributed by atoms with Gasteiger partial charge in [-0.05, 0) is 42.8 Å². The average Bonchev–Trinajstić information content (AvgIpc) is 3.20. The fraction of sp³-hybridized carbons (Fsp3) is 0.400. The molecule has 1 fully saturated rings. The molecule has 1 atom stereocenters. The van der Waals surface area contributed by atoms with Crippen LogP contribution < -0.4 is 10.6 Å². The molecular weight excluding hydrogens is 317 g/mol. The van der Waals surface area contributed by atoms with E-state index in [-0.39, 0.29) is 11.9 Å². The summed E-state index contributed by atoms with van der Waals surface area (Å²) in [5.41, 5.74) is 0.946. The Bertz CT molecular complexity index is 654. The molecule has 2 aromatic rings. The molecule has 23 heavy (non-hydrogen) atoms. The van der Waals surface area contributed by atoms with Gasteiger partial charge in [0.15, 0.2) is 5.11 Å². The monoisotopic (exact) mass is 335 g/mol. The number of nitrogens with zero attached hydrogens (tertiary/aromatic N) is 3. The molecule has 1 unspecified atom stereocenters. The second-order valence-electron chi connectivity index (χ2n) is 5.36. The second kappa shape index (κ2) is 7.47. The Morgan fingerprint density at radius 2 is 2.22 bits per heavy atom. The molecule has 0 amide bonds. The molecule has 2 N–H and O–H groups in total. The molecule has 1 aliphatic heterocycles. The summed E-state index contributed by atoms with van der Waals surface area (Å²) < 4.78 is 20.1. The van der Waals surface area contributed by atoms with Crippen molar-refractivity contribution in [3.63, 3.8) is 0 Å². The largest absolute Gasteiger partial charge is 0.376 e. The van der Waals surface area contributed by atoms with Crippen molar-refractivity contribution in [2.24, 2.45) is 0 Å². The molecule has 0 aliphatic carbocycles. The Morgan fingerprint density at radius 3 is 2.96 bits per heavy atom. The van der Waals surface area contributed by atoms with Crippen LogP contribution in [0.1, 0.15) is 18.4 Å². The number of halogens is 1. The summed E-state index contributed by atoms with van der Waals surface area (Å²) in [6.07, 6.45) is 3.98. The number of ether oxygens (including phenoxy) is 1. The van der Waals surface area contributed by atoms with Crippen LogP contribution in [0.2, 0.25) is 0 Å². The van der Waals surface area contributed by atoms with E-state index in [2.05, 4.69) is 20.7 Å². The fourth-order valence-corrected chi connectivity index (χ4v) is 2.54. The quantitative estimate of drug-likeness (QED) is 0.814. The zero-order valence-corrected chi connectivity index (χ0v) is 13.4. The minimum atomic E-state index is -0.252. The van der Waals surface area contributed by atoms with Gasteiger partial charge in [0.1, 0.15) is 12.1 Å². The molecule has 2 heterocycles. The van der Waals surface area contributed by atoms with Gasteiger partial charge in [0, 0.05) is 13.2 Å². The highest BCUT2D eigenvalue weighted by molar-refractivity contribution is 7.80. The first-order valence-electron chi connectivity index (χ1n) is 7.49. The van der Waals surface area contributed by atoms with Crippen molar-refractivity contribution in [2.45, 2.75) is 25.5 Å². The number of nitrogens with one attached hydrogen (secondary N) is 2. The van der Waals surface area contributed by atoms with Gasteiger partial charge in [-0.2, -0.15) is 0 Å². The Labute approximate surface area is 139 Å². The van der Waals surface area contributed by atoms with E-state index in [1.807, 2.05) is 0 Å². The lowest BCUT2D eigenvalue weighted by Crippen LogP contribution is -2.35. The van der Waals surface area contributed by atoms with E-state index in [9.17, 15) is 4.39 Å². The molecular formula is C15H18FN5OS. The van der Waals surface area contributed by atoms with Gasteiger partial charge in [0.05, 0.1) is 12.6 Å². The normalized spacial score (nSPS) is 17.2. The number of rotatable bonds is 5. The van der Waals surface area contributed by atoms with Gasteiger partial charge in [-0.25, -0.2) is 14.1 Å². The number of benzene rings is 1.